The number of aliphatic hydroxyl groups excluding tert-OH is 2. The maximum Gasteiger partial charge on any atom is 0.186 e. The fourth-order valence-electron chi connectivity index (χ4n) is 1.34. The Morgan fingerprint density at radius 1 is 1.33 bits per heavy atom. The van der Waals surface area contributed by atoms with Gasteiger partial charge in [-0.05, 0) is 0 Å². The zero-order valence-electron chi connectivity index (χ0n) is 7.14. The van der Waals surface area contributed by atoms with Gasteiger partial charge in [0.25, 0.3) is 0 Å². The van der Waals surface area contributed by atoms with E-state index in [1.165, 1.54) is 14.2 Å². The average Bonchev–Trinajstić information content (AvgIpc) is 2.41. The summed E-state index contributed by atoms with van der Waals surface area (Å²) in [5.41, 5.74) is 0. The van der Waals surface area contributed by atoms with Gasteiger partial charge < -0.3 is 24.4 Å². The molecule has 1 aliphatic heterocycles. The van der Waals surface area contributed by atoms with Crippen LogP contribution in [0.15, 0.2) is 0 Å². The van der Waals surface area contributed by atoms with E-state index in [2.05, 4.69) is 0 Å². The van der Waals surface area contributed by atoms with E-state index in [0.717, 1.165) is 0 Å². The lowest BCUT2D eigenvalue weighted by molar-refractivity contribution is -0.153. The van der Waals surface area contributed by atoms with Gasteiger partial charge in [-0.15, -0.1) is 0 Å². The molecule has 0 unspecified atom stereocenters. The molecule has 0 amide bonds. The van der Waals surface area contributed by atoms with E-state index in [4.69, 9.17) is 19.3 Å². The molecule has 5 nitrogen and oxygen atoms in total. The molecule has 1 saturated heterocycles. The Balaban J connectivity index is 2.58. The molecule has 1 heterocycles. The summed E-state index contributed by atoms with van der Waals surface area (Å²) in [4.78, 5) is 0. The van der Waals surface area contributed by atoms with Crippen LogP contribution in [0.25, 0.3) is 0 Å². The molecule has 2 N–H and O–H groups in total. The van der Waals surface area contributed by atoms with Crippen molar-refractivity contribution in [2.75, 3.05) is 20.8 Å². The first kappa shape index (κ1) is 9.88. The highest BCUT2D eigenvalue weighted by Crippen LogP contribution is 2.23. The Morgan fingerprint density at radius 3 is 2.33 bits per heavy atom. The van der Waals surface area contributed by atoms with Gasteiger partial charge in [0.15, 0.2) is 6.29 Å². The Morgan fingerprint density at radius 2 is 2.00 bits per heavy atom. The van der Waals surface area contributed by atoms with E-state index in [9.17, 15) is 5.11 Å². The van der Waals surface area contributed by atoms with Crippen LogP contribution < -0.4 is 0 Å². The number of ether oxygens (including phenoxy) is 3. The Bertz CT molecular complexity index is 138. The Kier molecular flexibility index (Phi) is 3.42. The highest BCUT2D eigenvalue weighted by atomic mass is 16.7. The summed E-state index contributed by atoms with van der Waals surface area (Å²) >= 11 is 0. The molecule has 0 aliphatic carbocycles. The zero-order valence-corrected chi connectivity index (χ0v) is 7.14. The van der Waals surface area contributed by atoms with Crippen molar-refractivity contribution in [3.05, 3.63) is 0 Å². The second kappa shape index (κ2) is 4.15. The summed E-state index contributed by atoms with van der Waals surface area (Å²) in [7, 11) is 2.89. The Hall–Kier alpha value is -0.200. The molecule has 4 atom stereocenters. The molecule has 0 aromatic rings. The minimum atomic E-state index is -0.836. The summed E-state index contributed by atoms with van der Waals surface area (Å²) in [6, 6.07) is 0. The molecule has 0 bridgehead atoms. The van der Waals surface area contributed by atoms with Gasteiger partial charge >= 0.3 is 0 Å². The summed E-state index contributed by atoms with van der Waals surface area (Å²) < 4.78 is 14.9. The number of rotatable bonds is 3. The summed E-state index contributed by atoms with van der Waals surface area (Å²) in [6.07, 6.45) is -2.56. The van der Waals surface area contributed by atoms with Crippen LogP contribution in [0.5, 0.6) is 0 Å². The molecule has 0 saturated carbocycles. The third-order valence-corrected chi connectivity index (χ3v) is 1.98. The lowest BCUT2D eigenvalue weighted by Gasteiger charge is -2.15. The fourth-order valence-corrected chi connectivity index (χ4v) is 1.34. The van der Waals surface area contributed by atoms with E-state index >= 15 is 0 Å². The quantitative estimate of drug-likeness (QED) is 0.563. The van der Waals surface area contributed by atoms with Crippen molar-refractivity contribution in [1.29, 1.82) is 0 Å². The highest BCUT2D eigenvalue weighted by Gasteiger charge is 2.43. The second-order valence-electron chi connectivity index (χ2n) is 2.65. The van der Waals surface area contributed by atoms with Crippen LogP contribution in [0.3, 0.4) is 0 Å². The maximum atomic E-state index is 9.46. The van der Waals surface area contributed by atoms with E-state index in [0.29, 0.717) is 0 Å². The van der Waals surface area contributed by atoms with Gasteiger partial charge in [0.1, 0.15) is 18.3 Å². The van der Waals surface area contributed by atoms with Gasteiger partial charge in [-0.3, -0.25) is 0 Å². The lowest BCUT2D eigenvalue weighted by Crippen LogP contribution is -2.36. The third kappa shape index (κ3) is 1.60. The minimum Gasteiger partial charge on any atom is -0.394 e. The van der Waals surface area contributed by atoms with Gasteiger partial charge in [-0.25, -0.2) is 0 Å². The largest absolute Gasteiger partial charge is 0.394 e. The molecule has 1 fully saturated rings. The normalized spacial score (nSPS) is 42.0. The molecular weight excluding hydrogens is 164 g/mol. The predicted octanol–water partition coefficient (Wildman–Crippen LogP) is -1.27. The summed E-state index contributed by atoms with van der Waals surface area (Å²) in [5, 5.41) is 18.3. The average molecular weight is 178 g/mol. The first-order chi connectivity index (χ1) is 5.74. The van der Waals surface area contributed by atoms with Crippen LogP contribution in [-0.2, 0) is 14.2 Å². The molecule has 0 spiro atoms. The molecule has 5 heteroatoms. The molecular formula is C7H14O5. The molecule has 0 aromatic carbocycles. The van der Waals surface area contributed by atoms with E-state index < -0.39 is 24.6 Å². The van der Waals surface area contributed by atoms with Crippen molar-refractivity contribution < 1.29 is 24.4 Å². The van der Waals surface area contributed by atoms with Crippen molar-refractivity contribution in [3.63, 3.8) is 0 Å². The van der Waals surface area contributed by atoms with E-state index in [1.54, 1.807) is 0 Å². The van der Waals surface area contributed by atoms with Crippen LogP contribution in [-0.4, -0.2) is 55.6 Å². The predicted molar refractivity (Wildman–Crippen MR) is 39.6 cm³/mol. The van der Waals surface area contributed by atoms with Crippen molar-refractivity contribution in [1.82, 2.24) is 0 Å². The van der Waals surface area contributed by atoms with Crippen molar-refractivity contribution in [3.8, 4) is 0 Å². The van der Waals surface area contributed by atoms with Gasteiger partial charge in [-0.1, -0.05) is 0 Å². The van der Waals surface area contributed by atoms with Crippen LogP contribution in [0.2, 0.25) is 0 Å². The first-order valence-electron chi connectivity index (χ1n) is 3.74. The molecule has 0 aromatic heterocycles. The lowest BCUT2D eigenvalue weighted by atomic mass is 10.1. The zero-order chi connectivity index (χ0) is 9.14. The van der Waals surface area contributed by atoms with E-state index in [-0.39, 0.29) is 6.61 Å². The molecule has 1 rings (SSSR count). The fraction of sp³-hybridized carbons (Fsp3) is 1.00. The van der Waals surface area contributed by atoms with Gasteiger partial charge in [0.2, 0.25) is 0 Å². The summed E-state index contributed by atoms with van der Waals surface area (Å²) in [6.45, 7) is -0.185. The topological polar surface area (TPSA) is 68.2 Å². The second-order valence-corrected chi connectivity index (χ2v) is 2.65. The van der Waals surface area contributed by atoms with Gasteiger partial charge in [0.05, 0.1) is 6.61 Å². The van der Waals surface area contributed by atoms with E-state index in [1.807, 2.05) is 0 Å². The van der Waals surface area contributed by atoms with Crippen LogP contribution in [0.1, 0.15) is 0 Å². The van der Waals surface area contributed by atoms with Crippen LogP contribution in [0.4, 0.5) is 0 Å². The number of hydrogen-bond donors (Lipinski definition) is 2. The monoisotopic (exact) mass is 178 g/mol. The SMILES string of the molecule is CO[C@H]1O[C@H](CO)[C@@H](OC)[C@@H]1O. The standard InChI is InChI=1S/C7H14O5/c1-10-6-4(3-8)12-7(11-2)5(6)9/h4-9H,3H2,1-2H3/t4-,5+,6-,7+/m1/s1. The third-order valence-electron chi connectivity index (χ3n) is 1.98. The molecule has 1 aliphatic rings. The summed E-state index contributed by atoms with van der Waals surface area (Å²) in [5.74, 6) is 0. The van der Waals surface area contributed by atoms with Crippen molar-refractivity contribution >= 4 is 0 Å². The minimum absolute atomic E-state index is 0.185. The maximum absolute atomic E-state index is 9.46. The number of aliphatic hydroxyl groups is 2. The smallest absolute Gasteiger partial charge is 0.186 e. The Labute approximate surface area is 70.9 Å². The van der Waals surface area contributed by atoms with Crippen molar-refractivity contribution in [2.24, 2.45) is 0 Å². The molecule has 0 radical (unpaired) electrons. The highest BCUT2D eigenvalue weighted by molar-refractivity contribution is 4.87. The first-order valence-corrected chi connectivity index (χ1v) is 3.74. The van der Waals surface area contributed by atoms with Gasteiger partial charge in [-0.2, -0.15) is 0 Å². The van der Waals surface area contributed by atoms with Gasteiger partial charge in [0, 0.05) is 14.2 Å². The number of methoxy groups -OCH3 is 2. The number of hydrogen-bond acceptors (Lipinski definition) is 5. The molecule has 12 heavy (non-hydrogen) atoms. The van der Waals surface area contributed by atoms with Crippen LogP contribution >= 0.6 is 0 Å². The molecule has 72 valence electrons. The van der Waals surface area contributed by atoms with Crippen molar-refractivity contribution in [2.45, 2.75) is 24.6 Å². The van der Waals surface area contributed by atoms with Crippen LogP contribution in [0, 0.1) is 0 Å².